The van der Waals surface area contributed by atoms with E-state index in [0.29, 0.717) is 13.2 Å². The van der Waals surface area contributed by atoms with E-state index in [2.05, 4.69) is 4.74 Å². The van der Waals surface area contributed by atoms with E-state index in [1.807, 2.05) is 0 Å². The van der Waals surface area contributed by atoms with Crippen LogP contribution in [0.3, 0.4) is 0 Å². The summed E-state index contributed by atoms with van der Waals surface area (Å²) < 4.78 is 67.8. The number of ether oxygens (including phenoxy) is 1. The zero-order valence-electron chi connectivity index (χ0n) is 22.7. The van der Waals surface area contributed by atoms with Crippen molar-refractivity contribution in [2.75, 3.05) is 26.4 Å². The molecule has 2 saturated heterocycles. The van der Waals surface area contributed by atoms with Gasteiger partial charge >= 0.3 is 44.1 Å². The van der Waals surface area contributed by atoms with Gasteiger partial charge in [-0.3, -0.25) is 37.9 Å². The Hall–Kier alpha value is -4.14. The number of likely N-dealkylation sites (tertiary alicyclic amines) is 2. The van der Waals surface area contributed by atoms with Gasteiger partial charge < -0.3 is 35.4 Å². The Kier molecular flexibility index (Phi) is 14.8. The minimum absolute atomic E-state index is 0.0278. The number of aliphatic hydroxyl groups excluding tert-OH is 2. The summed E-state index contributed by atoms with van der Waals surface area (Å²) in [5, 5.41) is 51.3. The molecule has 25 heteroatoms. The molecule has 0 aromatic carbocycles. The van der Waals surface area contributed by atoms with Crippen molar-refractivity contribution in [2.45, 2.75) is 48.3 Å². The molecule has 2 heterocycles. The second kappa shape index (κ2) is 16.3. The molecule has 0 radical (unpaired) electrons. The van der Waals surface area contributed by atoms with Gasteiger partial charge in [0.15, 0.2) is 0 Å². The van der Waals surface area contributed by atoms with Crippen molar-refractivity contribution in [3.8, 4) is 0 Å². The summed E-state index contributed by atoms with van der Waals surface area (Å²) in [6.45, 7) is 0.696. The Labute approximate surface area is 252 Å². The Morgan fingerprint density at radius 3 is 1.00 bits per heavy atom. The summed E-state index contributed by atoms with van der Waals surface area (Å²) in [5.74, 6) is -13.2. The fourth-order valence-electron chi connectivity index (χ4n) is 3.73. The van der Waals surface area contributed by atoms with Gasteiger partial charge in [-0.1, -0.05) is 0 Å². The first-order valence-corrected chi connectivity index (χ1v) is 14.7. The standard InChI is InChI=1S/2C8H9NO9S.C4H10O3/c2*10-4-1-2-5(11)9(4)8(7(14)15,3-6(12)13)19(16,17)18;5-1-3-7-4-2-6/h2*1-3H2,(H,12,13)(H,14,15)(H,16,17,18);5-6H,1-4H2. The third-order valence-corrected chi connectivity index (χ3v) is 8.31. The second-order valence-corrected chi connectivity index (χ2v) is 11.8. The average Bonchev–Trinajstić information content (AvgIpc) is 3.40. The van der Waals surface area contributed by atoms with Crippen molar-refractivity contribution in [1.29, 1.82) is 0 Å². The lowest BCUT2D eigenvalue weighted by Gasteiger charge is -2.32. The van der Waals surface area contributed by atoms with Crippen LogP contribution >= 0.6 is 0 Å². The van der Waals surface area contributed by atoms with Gasteiger partial charge in [-0.25, -0.2) is 19.4 Å². The molecule has 256 valence electrons. The molecule has 2 unspecified atom stereocenters. The number of carbonyl (C=O) groups excluding carboxylic acids is 4. The monoisotopic (exact) mass is 696 g/mol. The van der Waals surface area contributed by atoms with Gasteiger partial charge in [0.05, 0.1) is 39.3 Å². The van der Waals surface area contributed by atoms with Crippen molar-refractivity contribution >= 4 is 67.7 Å². The van der Waals surface area contributed by atoms with E-state index in [9.17, 15) is 55.2 Å². The van der Waals surface area contributed by atoms with Gasteiger partial charge in [0.1, 0.15) is 0 Å². The lowest BCUT2D eigenvalue weighted by atomic mass is 10.1. The number of rotatable bonds is 14. The van der Waals surface area contributed by atoms with Crippen molar-refractivity contribution in [3.05, 3.63) is 0 Å². The number of hydrogen-bond donors (Lipinski definition) is 8. The minimum atomic E-state index is -5.57. The van der Waals surface area contributed by atoms with Crippen molar-refractivity contribution in [2.24, 2.45) is 0 Å². The van der Waals surface area contributed by atoms with Gasteiger partial charge in [0.25, 0.3) is 9.74 Å². The summed E-state index contributed by atoms with van der Waals surface area (Å²) in [7, 11) is -11.1. The fraction of sp³-hybridized carbons (Fsp3) is 0.600. The first-order valence-electron chi connectivity index (χ1n) is 11.8. The van der Waals surface area contributed by atoms with Crippen LogP contribution in [0.15, 0.2) is 0 Å². The van der Waals surface area contributed by atoms with E-state index in [4.69, 9.17) is 39.7 Å². The summed E-state index contributed by atoms with van der Waals surface area (Å²) in [6, 6.07) is 0. The number of carboxylic acids is 4. The molecular weight excluding hydrogens is 668 g/mol. The second-order valence-electron chi connectivity index (χ2n) is 8.58. The van der Waals surface area contributed by atoms with Crippen LogP contribution in [-0.2, 0) is 63.3 Å². The Morgan fingerprint density at radius 1 is 0.600 bits per heavy atom. The smallest absolute Gasteiger partial charge is 0.349 e. The van der Waals surface area contributed by atoms with Gasteiger partial charge in [0, 0.05) is 25.7 Å². The number of nitrogens with zero attached hydrogens (tertiary/aromatic N) is 2. The van der Waals surface area contributed by atoms with Crippen LogP contribution in [0.1, 0.15) is 38.5 Å². The molecular formula is C20H28N2O21S2. The fourth-order valence-corrected chi connectivity index (χ4v) is 5.66. The predicted octanol–water partition coefficient (Wildman–Crippen LogP) is -4.45. The Bertz CT molecular complexity index is 1290. The van der Waals surface area contributed by atoms with E-state index in [-0.39, 0.29) is 23.0 Å². The molecule has 8 N–H and O–H groups in total. The molecule has 2 aliphatic rings. The summed E-state index contributed by atoms with van der Waals surface area (Å²) >= 11 is 0. The lowest BCUT2D eigenvalue weighted by molar-refractivity contribution is -0.161. The predicted molar refractivity (Wildman–Crippen MR) is 136 cm³/mol. The van der Waals surface area contributed by atoms with Crippen LogP contribution in [0.25, 0.3) is 0 Å². The number of imide groups is 2. The van der Waals surface area contributed by atoms with Crippen LogP contribution in [-0.4, -0.2) is 150 Å². The highest BCUT2D eigenvalue weighted by molar-refractivity contribution is 7.88. The number of hydrogen-bond acceptors (Lipinski definition) is 15. The van der Waals surface area contributed by atoms with Crippen molar-refractivity contribution in [1.82, 2.24) is 9.80 Å². The van der Waals surface area contributed by atoms with Crippen LogP contribution in [0.2, 0.25) is 0 Å². The molecule has 0 aromatic rings. The maximum Gasteiger partial charge on any atom is 0.349 e. The van der Waals surface area contributed by atoms with Gasteiger partial charge in [-0.05, 0) is 0 Å². The average molecular weight is 697 g/mol. The van der Waals surface area contributed by atoms with E-state index in [1.165, 1.54) is 0 Å². The summed E-state index contributed by atoms with van der Waals surface area (Å²) in [6.07, 6.45) is -5.13. The largest absolute Gasteiger partial charge is 0.481 e. The molecule has 2 rings (SSSR count). The highest BCUT2D eigenvalue weighted by Crippen LogP contribution is 2.33. The maximum absolute atomic E-state index is 11.4. The molecule has 2 atom stereocenters. The zero-order chi connectivity index (χ0) is 35.6. The van der Waals surface area contributed by atoms with Crippen LogP contribution in [0, 0.1) is 0 Å². The van der Waals surface area contributed by atoms with E-state index in [0.717, 1.165) is 0 Å². The van der Waals surface area contributed by atoms with Gasteiger partial charge in [-0.2, -0.15) is 16.8 Å². The molecule has 0 aromatic heterocycles. The quantitative estimate of drug-likeness (QED) is 0.0482. The highest BCUT2D eigenvalue weighted by atomic mass is 32.2. The lowest BCUT2D eigenvalue weighted by Crippen LogP contribution is -2.62. The molecule has 0 bridgehead atoms. The highest BCUT2D eigenvalue weighted by Gasteiger charge is 2.63. The molecule has 2 aliphatic heterocycles. The topological polar surface area (TPSA) is 382 Å². The number of carbonyl (C=O) groups is 8. The maximum atomic E-state index is 11.4. The summed E-state index contributed by atoms with van der Waals surface area (Å²) in [5.41, 5.74) is 0. The first kappa shape index (κ1) is 40.9. The third-order valence-electron chi connectivity index (χ3n) is 5.60. The molecule has 2 fully saturated rings. The van der Waals surface area contributed by atoms with Crippen LogP contribution < -0.4 is 0 Å². The molecule has 4 amide bonds. The zero-order valence-corrected chi connectivity index (χ0v) is 24.3. The SMILES string of the molecule is O=C(O)CC(C(=O)O)(N1C(=O)CCC1=O)S(=O)(=O)O.O=C(O)CC(C(=O)O)(N1C(=O)CCC1=O)S(=O)(=O)O.OCCOCCO. The number of amides is 4. The van der Waals surface area contributed by atoms with Crippen LogP contribution in [0.5, 0.6) is 0 Å². The number of carboxylic acid groups (broad SMARTS) is 4. The normalized spacial score (nSPS) is 17.8. The van der Waals surface area contributed by atoms with Crippen molar-refractivity contribution < 1.29 is 99.7 Å². The van der Waals surface area contributed by atoms with Crippen LogP contribution in [0.4, 0.5) is 0 Å². The number of aliphatic carboxylic acids is 4. The molecule has 0 aliphatic carbocycles. The van der Waals surface area contributed by atoms with Crippen molar-refractivity contribution in [3.63, 3.8) is 0 Å². The number of aliphatic hydroxyl groups is 2. The van der Waals surface area contributed by atoms with Gasteiger partial charge in [-0.15, -0.1) is 0 Å². The summed E-state index contributed by atoms with van der Waals surface area (Å²) in [4.78, 5) is 81.8. The third kappa shape index (κ3) is 9.42. The minimum Gasteiger partial charge on any atom is -0.481 e. The van der Waals surface area contributed by atoms with E-state index < -0.39 is 116 Å². The Morgan fingerprint density at radius 2 is 0.844 bits per heavy atom. The van der Waals surface area contributed by atoms with Gasteiger partial charge in [0.2, 0.25) is 23.6 Å². The van der Waals surface area contributed by atoms with E-state index in [1.54, 1.807) is 0 Å². The Balaban J connectivity index is 0.000000713. The first-order chi connectivity index (χ1) is 20.5. The van der Waals surface area contributed by atoms with E-state index >= 15 is 0 Å². The molecule has 23 nitrogen and oxygen atoms in total. The molecule has 0 saturated carbocycles. The molecule has 0 spiro atoms. The molecule has 45 heavy (non-hydrogen) atoms.